The van der Waals surface area contributed by atoms with E-state index in [4.69, 9.17) is 0 Å². The summed E-state index contributed by atoms with van der Waals surface area (Å²) in [6.07, 6.45) is 2.66. The molecular weight excluding hydrogens is 196 g/mol. The van der Waals surface area contributed by atoms with E-state index in [0.29, 0.717) is 12.0 Å². The van der Waals surface area contributed by atoms with E-state index in [2.05, 4.69) is 47.9 Å². The lowest BCUT2D eigenvalue weighted by Gasteiger charge is -2.15. The number of hydrogen-bond donors (Lipinski definition) is 2. The van der Waals surface area contributed by atoms with Crippen molar-refractivity contribution in [2.45, 2.75) is 31.7 Å². The maximum Gasteiger partial charge on any atom is 0.0192 e. The van der Waals surface area contributed by atoms with Crippen LogP contribution in [-0.4, -0.2) is 25.7 Å². The molecular formula is C14H22N2. The predicted molar refractivity (Wildman–Crippen MR) is 68.8 cm³/mol. The summed E-state index contributed by atoms with van der Waals surface area (Å²) in [5, 5.41) is 7.07. The second-order valence-electron chi connectivity index (χ2n) is 4.76. The third-order valence-electron chi connectivity index (χ3n) is 3.37. The van der Waals surface area contributed by atoms with Crippen LogP contribution in [0.2, 0.25) is 0 Å². The molecule has 0 amide bonds. The molecule has 1 aromatic carbocycles. The van der Waals surface area contributed by atoms with Gasteiger partial charge in [0, 0.05) is 19.1 Å². The molecule has 2 nitrogen and oxygen atoms in total. The van der Waals surface area contributed by atoms with Crippen molar-refractivity contribution in [3.8, 4) is 0 Å². The molecule has 1 saturated heterocycles. The summed E-state index contributed by atoms with van der Waals surface area (Å²) in [7, 11) is 0. The van der Waals surface area contributed by atoms with Crippen molar-refractivity contribution in [3.05, 3.63) is 35.9 Å². The first-order chi connectivity index (χ1) is 7.86. The summed E-state index contributed by atoms with van der Waals surface area (Å²) in [4.78, 5) is 0. The Morgan fingerprint density at radius 2 is 2.19 bits per heavy atom. The summed E-state index contributed by atoms with van der Waals surface area (Å²) in [6.45, 7) is 5.66. The molecule has 2 atom stereocenters. The van der Waals surface area contributed by atoms with Crippen LogP contribution in [0.25, 0.3) is 0 Å². The molecule has 2 unspecified atom stereocenters. The quantitative estimate of drug-likeness (QED) is 0.791. The van der Waals surface area contributed by atoms with E-state index in [1.54, 1.807) is 0 Å². The summed E-state index contributed by atoms with van der Waals surface area (Å²) < 4.78 is 0. The van der Waals surface area contributed by atoms with Crippen LogP contribution in [-0.2, 0) is 0 Å². The number of benzene rings is 1. The van der Waals surface area contributed by atoms with E-state index >= 15 is 0 Å². The summed E-state index contributed by atoms with van der Waals surface area (Å²) in [5.41, 5.74) is 1.43. The molecule has 0 radical (unpaired) electrons. The number of rotatable bonds is 5. The van der Waals surface area contributed by atoms with Gasteiger partial charge < -0.3 is 10.6 Å². The standard InChI is InChI=1S/C14H22N2/c1-12(13-6-3-2-4-7-13)10-15-11-14-8-5-9-16-14/h2-4,6-7,12,14-16H,5,8-11H2,1H3. The van der Waals surface area contributed by atoms with Gasteiger partial charge >= 0.3 is 0 Å². The predicted octanol–water partition coefficient (Wildman–Crippen LogP) is 2.13. The van der Waals surface area contributed by atoms with Crippen LogP contribution in [0.1, 0.15) is 31.2 Å². The molecule has 0 bridgehead atoms. The van der Waals surface area contributed by atoms with E-state index in [1.807, 2.05) is 0 Å². The lowest BCUT2D eigenvalue weighted by molar-refractivity contribution is 0.518. The maximum atomic E-state index is 3.56. The highest BCUT2D eigenvalue weighted by atomic mass is 15.0. The molecule has 88 valence electrons. The highest BCUT2D eigenvalue weighted by Crippen LogP contribution is 2.13. The Bertz CT molecular complexity index is 291. The van der Waals surface area contributed by atoms with Gasteiger partial charge in [-0.2, -0.15) is 0 Å². The molecule has 1 fully saturated rings. The van der Waals surface area contributed by atoms with Gasteiger partial charge in [0.25, 0.3) is 0 Å². The van der Waals surface area contributed by atoms with Crippen LogP contribution in [0, 0.1) is 0 Å². The third-order valence-corrected chi connectivity index (χ3v) is 3.37. The molecule has 2 heteroatoms. The van der Waals surface area contributed by atoms with Gasteiger partial charge in [0.1, 0.15) is 0 Å². The average molecular weight is 218 g/mol. The van der Waals surface area contributed by atoms with E-state index in [0.717, 1.165) is 13.1 Å². The second-order valence-corrected chi connectivity index (χ2v) is 4.76. The van der Waals surface area contributed by atoms with Gasteiger partial charge in [0.2, 0.25) is 0 Å². The maximum absolute atomic E-state index is 3.56. The number of hydrogen-bond acceptors (Lipinski definition) is 2. The van der Waals surface area contributed by atoms with E-state index in [-0.39, 0.29) is 0 Å². The smallest absolute Gasteiger partial charge is 0.0192 e. The fourth-order valence-electron chi connectivity index (χ4n) is 2.30. The Labute approximate surface area is 98.4 Å². The van der Waals surface area contributed by atoms with E-state index < -0.39 is 0 Å². The lowest BCUT2D eigenvalue weighted by atomic mass is 10.0. The molecule has 1 aromatic rings. The fraction of sp³-hybridized carbons (Fsp3) is 0.571. The largest absolute Gasteiger partial charge is 0.315 e. The van der Waals surface area contributed by atoms with Crippen molar-refractivity contribution in [3.63, 3.8) is 0 Å². The van der Waals surface area contributed by atoms with Gasteiger partial charge in [-0.3, -0.25) is 0 Å². The monoisotopic (exact) mass is 218 g/mol. The highest BCUT2D eigenvalue weighted by molar-refractivity contribution is 5.18. The van der Waals surface area contributed by atoms with Crippen LogP contribution in [0.15, 0.2) is 30.3 Å². The molecule has 2 rings (SSSR count). The zero-order valence-corrected chi connectivity index (χ0v) is 10.1. The van der Waals surface area contributed by atoms with Crippen molar-refractivity contribution in [1.82, 2.24) is 10.6 Å². The SMILES string of the molecule is CC(CNCC1CCCN1)c1ccccc1. The van der Waals surface area contributed by atoms with Gasteiger partial charge in [0.05, 0.1) is 0 Å². The summed E-state index contributed by atoms with van der Waals surface area (Å²) in [6, 6.07) is 11.4. The van der Waals surface area contributed by atoms with E-state index in [9.17, 15) is 0 Å². The molecule has 1 aliphatic rings. The molecule has 0 aromatic heterocycles. The first kappa shape index (κ1) is 11.6. The second kappa shape index (κ2) is 6.02. The lowest BCUT2D eigenvalue weighted by Crippen LogP contribution is -2.35. The molecule has 2 N–H and O–H groups in total. The third kappa shape index (κ3) is 3.32. The molecule has 16 heavy (non-hydrogen) atoms. The van der Waals surface area contributed by atoms with Gasteiger partial charge in [-0.1, -0.05) is 37.3 Å². The summed E-state index contributed by atoms with van der Waals surface area (Å²) >= 11 is 0. The van der Waals surface area contributed by atoms with E-state index in [1.165, 1.54) is 24.9 Å². The van der Waals surface area contributed by atoms with Crippen molar-refractivity contribution in [1.29, 1.82) is 0 Å². The Kier molecular flexibility index (Phi) is 4.37. The zero-order chi connectivity index (χ0) is 11.2. The number of nitrogens with one attached hydrogen (secondary N) is 2. The minimum absolute atomic E-state index is 0.600. The first-order valence-corrected chi connectivity index (χ1v) is 6.35. The summed E-state index contributed by atoms with van der Waals surface area (Å²) in [5.74, 6) is 0.600. The fourth-order valence-corrected chi connectivity index (χ4v) is 2.30. The topological polar surface area (TPSA) is 24.1 Å². The van der Waals surface area contributed by atoms with Crippen LogP contribution >= 0.6 is 0 Å². The Hall–Kier alpha value is -0.860. The normalized spacial score (nSPS) is 22.2. The van der Waals surface area contributed by atoms with Gasteiger partial charge in [-0.25, -0.2) is 0 Å². The van der Waals surface area contributed by atoms with Crippen LogP contribution < -0.4 is 10.6 Å². The first-order valence-electron chi connectivity index (χ1n) is 6.35. The zero-order valence-electron chi connectivity index (χ0n) is 10.1. The van der Waals surface area contributed by atoms with Gasteiger partial charge in [0.15, 0.2) is 0 Å². The molecule has 1 heterocycles. The minimum Gasteiger partial charge on any atom is -0.315 e. The molecule has 0 saturated carbocycles. The highest BCUT2D eigenvalue weighted by Gasteiger charge is 2.13. The Balaban J connectivity index is 1.69. The van der Waals surface area contributed by atoms with Crippen molar-refractivity contribution in [2.75, 3.05) is 19.6 Å². The Morgan fingerprint density at radius 1 is 1.38 bits per heavy atom. The van der Waals surface area contributed by atoms with Gasteiger partial charge in [-0.15, -0.1) is 0 Å². The van der Waals surface area contributed by atoms with Crippen molar-refractivity contribution >= 4 is 0 Å². The molecule has 1 aliphatic heterocycles. The van der Waals surface area contributed by atoms with Crippen molar-refractivity contribution < 1.29 is 0 Å². The van der Waals surface area contributed by atoms with Crippen LogP contribution in [0.3, 0.4) is 0 Å². The van der Waals surface area contributed by atoms with Crippen LogP contribution in [0.4, 0.5) is 0 Å². The van der Waals surface area contributed by atoms with Crippen LogP contribution in [0.5, 0.6) is 0 Å². The van der Waals surface area contributed by atoms with Crippen molar-refractivity contribution in [2.24, 2.45) is 0 Å². The Morgan fingerprint density at radius 3 is 2.88 bits per heavy atom. The average Bonchev–Trinajstić information content (AvgIpc) is 2.83. The molecule has 0 spiro atoms. The molecule has 0 aliphatic carbocycles. The van der Waals surface area contributed by atoms with Gasteiger partial charge in [-0.05, 0) is 30.9 Å². The minimum atomic E-state index is 0.600.